The Kier molecular flexibility index (Phi) is 4.68. The third-order valence-electron chi connectivity index (χ3n) is 2.93. The van der Waals surface area contributed by atoms with Crippen molar-refractivity contribution in [3.63, 3.8) is 0 Å². The highest BCUT2D eigenvalue weighted by molar-refractivity contribution is 5.96. The minimum Gasteiger partial charge on any atom is -0.494 e. The van der Waals surface area contributed by atoms with E-state index < -0.39 is 0 Å². The van der Waals surface area contributed by atoms with Gasteiger partial charge in [0.15, 0.2) is 0 Å². The summed E-state index contributed by atoms with van der Waals surface area (Å²) in [4.78, 5) is 16.0. The number of aromatic nitrogens is 1. The number of nitrogens with one attached hydrogen (secondary N) is 1. The molecule has 2 rings (SSSR count). The predicted molar refractivity (Wildman–Crippen MR) is 76.3 cm³/mol. The molecule has 0 aliphatic heterocycles. The highest BCUT2D eigenvalue weighted by Crippen LogP contribution is 2.15. The molecular weight excluding hydrogens is 254 g/mol. The summed E-state index contributed by atoms with van der Waals surface area (Å²) >= 11 is 0. The first-order valence-corrected chi connectivity index (χ1v) is 6.28. The Bertz CT molecular complexity index is 599. The van der Waals surface area contributed by atoms with E-state index in [-0.39, 0.29) is 5.91 Å². The Morgan fingerprint density at radius 1 is 1.35 bits per heavy atom. The summed E-state index contributed by atoms with van der Waals surface area (Å²) in [6.45, 7) is 0.929. The molecule has 1 aromatic carbocycles. The fourth-order valence-corrected chi connectivity index (χ4v) is 1.87. The molecule has 5 heteroatoms. The summed E-state index contributed by atoms with van der Waals surface area (Å²) in [5.41, 5.74) is 8.11. The third-order valence-corrected chi connectivity index (χ3v) is 2.93. The lowest BCUT2D eigenvalue weighted by Gasteiger charge is -2.09. The van der Waals surface area contributed by atoms with Gasteiger partial charge in [0.05, 0.1) is 18.9 Å². The van der Waals surface area contributed by atoms with Crippen LogP contribution in [0, 0.1) is 0 Å². The van der Waals surface area contributed by atoms with Crippen LogP contribution in [0.2, 0.25) is 0 Å². The van der Waals surface area contributed by atoms with Crippen molar-refractivity contribution in [2.45, 2.75) is 13.1 Å². The average molecular weight is 271 g/mol. The van der Waals surface area contributed by atoms with E-state index in [9.17, 15) is 4.79 Å². The average Bonchev–Trinajstić information content (AvgIpc) is 2.52. The summed E-state index contributed by atoms with van der Waals surface area (Å²) in [6, 6.07) is 9.44. The quantitative estimate of drug-likeness (QED) is 0.863. The smallest absolute Gasteiger partial charge is 0.255 e. The van der Waals surface area contributed by atoms with E-state index in [1.54, 1.807) is 12.3 Å². The van der Waals surface area contributed by atoms with Crippen LogP contribution >= 0.6 is 0 Å². The van der Waals surface area contributed by atoms with E-state index in [0.29, 0.717) is 24.4 Å². The molecule has 1 aromatic heterocycles. The maximum atomic E-state index is 12.1. The molecule has 3 N–H and O–H groups in total. The number of benzene rings is 1. The predicted octanol–water partition coefficient (Wildman–Crippen LogP) is 1.48. The van der Waals surface area contributed by atoms with Crippen molar-refractivity contribution in [1.82, 2.24) is 10.3 Å². The zero-order chi connectivity index (χ0) is 14.4. The summed E-state index contributed by atoms with van der Waals surface area (Å²) < 4.78 is 5.12. The van der Waals surface area contributed by atoms with Crippen LogP contribution in [0.5, 0.6) is 5.75 Å². The third kappa shape index (κ3) is 3.33. The number of methoxy groups -OCH3 is 1. The van der Waals surface area contributed by atoms with E-state index >= 15 is 0 Å². The molecule has 0 fully saturated rings. The highest BCUT2D eigenvalue weighted by atomic mass is 16.5. The van der Waals surface area contributed by atoms with E-state index in [4.69, 9.17) is 10.5 Å². The van der Waals surface area contributed by atoms with Crippen molar-refractivity contribution in [2.24, 2.45) is 5.73 Å². The second-order valence-electron chi connectivity index (χ2n) is 4.28. The second kappa shape index (κ2) is 6.68. The molecule has 1 heterocycles. The molecule has 0 bridgehead atoms. The zero-order valence-electron chi connectivity index (χ0n) is 11.3. The van der Waals surface area contributed by atoms with Crippen LogP contribution in [-0.2, 0) is 13.1 Å². The number of amides is 1. The second-order valence-corrected chi connectivity index (χ2v) is 4.28. The van der Waals surface area contributed by atoms with Gasteiger partial charge in [-0.25, -0.2) is 0 Å². The van der Waals surface area contributed by atoms with Crippen LogP contribution in [0.1, 0.15) is 21.5 Å². The van der Waals surface area contributed by atoms with Crippen LogP contribution in [0.25, 0.3) is 0 Å². The molecule has 5 nitrogen and oxygen atoms in total. The van der Waals surface area contributed by atoms with Crippen molar-refractivity contribution in [1.29, 1.82) is 0 Å². The van der Waals surface area contributed by atoms with E-state index in [1.807, 2.05) is 24.3 Å². The number of ether oxygens (including phenoxy) is 1. The summed E-state index contributed by atoms with van der Waals surface area (Å²) in [5.74, 6) is 0.267. The van der Waals surface area contributed by atoms with Crippen molar-refractivity contribution in [2.75, 3.05) is 7.11 Å². The molecule has 104 valence electrons. The fraction of sp³-hybridized carbons (Fsp3) is 0.200. The summed E-state index contributed by atoms with van der Waals surface area (Å²) in [5, 5.41) is 2.85. The molecule has 1 amide bonds. The van der Waals surface area contributed by atoms with Gasteiger partial charge < -0.3 is 15.8 Å². The lowest BCUT2D eigenvalue weighted by Crippen LogP contribution is -2.23. The van der Waals surface area contributed by atoms with Gasteiger partial charge in [-0.15, -0.1) is 0 Å². The van der Waals surface area contributed by atoms with Crippen molar-refractivity contribution in [3.8, 4) is 5.75 Å². The Balaban J connectivity index is 2.04. The minimum absolute atomic E-state index is 0.192. The van der Waals surface area contributed by atoms with Crippen LogP contribution < -0.4 is 15.8 Å². The largest absolute Gasteiger partial charge is 0.494 e. The Morgan fingerprint density at radius 2 is 2.15 bits per heavy atom. The maximum Gasteiger partial charge on any atom is 0.255 e. The molecule has 2 aromatic rings. The number of nitrogens with zero attached hydrogens (tertiary/aromatic N) is 1. The molecule has 0 spiro atoms. The van der Waals surface area contributed by atoms with Gasteiger partial charge in [-0.3, -0.25) is 9.78 Å². The summed E-state index contributed by atoms with van der Waals surface area (Å²) in [7, 11) is 1.51. The Labute approximate surface area is 117 Å². The van der Waals surface area contributed by atoms with Crippen LogP contribution in [0.3, 0.4) is 0 Å². The first kappa shape index (κ1) is 14.0. The number of hydrogen-bond donors (Lipinski definition) is 2. The van der Waals surface area contributed by atoms with Gasteiger partial charge in [0, 0.05) is 19.3 Å². The lowest BCUT2D eigenvalue weighted by molar-refractivity contribution is 0.0947. The molecule has 0 saturated carbocycles. The molecule has 0 aliphatic carbocycles. The first-order valence-electron chi connectivity index (χ1n) is 6.28. The highest BCUT2D eigenvalue weighted by Gasteiger charge is 2.11. The van der Waals surface area contributed by atoms with Gasteiger partial charge in [0.25, 0.3) is 5.91 Å². The van der Waals surface area contributed by atoms with Crippen molar-refractivity contribution >= 4 is 5.91 Å². The van der Waals surface area contributed by atoms with Gasteiger partial charge in [-0.2, -0.15) is 0 Å². The fourth-order valence-electron chi connectivity index (χ4n) is 1.87. The van der Waals surface area contributed by atoms with Gasteiger partial charge in [0.2, 0.25) is 0 Å². The molecule has 0 aliphatic rings. The summed E-state index contributed by atoms with van der Waals surface area (Å²) in [6.07, 6.45) is 3.08. The molecule has 0 atom stereocenters. The molecule has 0 radical (unpaired) electrons. The molecule has 0 unspecified atom stereocenters. The standard InChI is InChI=1S/C15H17N3O2/c1-20-14-10-17-6-5-13(14)15(19)18-9-12-4-2-3-11(7-12)8-16/h2-7,10H,8-9,16H2,1H3,(H,18,19). The van der Waals surface area contributed by atoms with E-state index in [0.717, 1.165) is 11.1 Å². The zero-order valence-corrected chi connectivity index (χ0v) is 11.3. The van der Waals surface area contributed by atoms with Crippen molar-refractivity contribution in [3.05, 3.63) is 59.4 Å². The number of carbonyl (C=O) groups is 1. The van der Waals surface area contributed by atoms with Gasteiger partial charge in [0.1, 0.15) is 5.75 Å². The lowest BCUT2D eigenvalue weighted by atomic mass is 10.1. The SMILES string of the molecule is COc1cnccc1C(=O)NCc1cccc(CN)c1. The van der Waals surface area contributed by atoms with Crippen LogP contribution in [0.15, 0.2) is 42.7 Å². The maximum absolute atomic E-state index is 12.1. The van der Waals surface area contributed by atoms with Gasteiger partial charge >= 0.3 is 0 Å². The van der Waals surface area contributed by atoms with Crippen LogP contribution in [-0.4, -0.2) is 18.0 Å². The monoisotopic (exact) mass is 271 g/mol. The van der Waals surface area contributed by atoms with Crippen LogP contribution in [0.4, 0.5) is 0 Å². The molecule has 0 saturated heterocycles. The Hall–Kier alpha value is -2.40. The van der Waals surface area contributed by atoms with E-state index in [2.05, 4.69) is 10.3 Å². The number of pyridine rings is 1. The van der Waals surface area contributed by atoms with Gasteiger partial charge in [-0.05, 0) is 17.2 Å². The minimum atomic E-state index is -0.192. The first-order chi connectivity index (χ1) is 9.74. The molecule has 20 heavy (non-hydrogen) atoms. The number of nitrogens with two attached hydrogens (primary N) is 1. The molecular formula is C15H17N3O2. The number of rotatable bonds is 5. The van der Waals surface area contributed by atoms with Crippen molar-refractivity contribution < 1.29 is 9.53 Å². The van der Waals surface area contributed by atoms with E-state index in [1.165, 1.54) is 13.3 Å². The number of carbonyl (C=O) groups excluding carboxylic acids is 1. The number of hydrogen-bond acceptors (Lipinski definition) is 4. The Morgan fingerprint density at radius 3 is 2.90 bits per heavy atom. The normalized spacial score (nSPS) is 10.1. The topological polar surface area (TPSA) is 77.2 Å². The van der Waals surface area contributed by atoms with Gasteiger partial charge in [-0.1, -0.05) is 24.3 Å².